The van der Waals surface area contributed by atoms with Gasteiger partial charge in [0.2, 0.25) is 0 Å². The predicted molar refractivity (Wildman–Crippen MR) is 50.8 cm³/mol. The third kappa shape index (κ3) is 1.75. The third-order valence-corrected chi connectivity index (χ3v) is 3.70. The Labute approximate surface area is 82.2 Å². The quantitative estimate of drug-likeness (QED) is 0.640. The first-order valence-corrected chi connectivity index (χ1v) is 5.88. The van der Waals surface area contributed by atoms with Crippen LogP contribution in [0, 0.1) is 0 Å². The lowest BCUT2D eigenvalue weighted by molar-refractivity contribution is -0.178. The molecular formula is C9H14O3S. The summed E-state index contributed by atoms with van der Waals surface area (Å²) >= 11 is 1.61. The number of rotatable bonds is 1. The Morgan fingerprint density at radius 1 is 1.46 bits per heavy atom. The standard InChI is InChI=1S/C9H14O3S/c1-13-8-6-9(3-2-7(8)10)11-4-5-12-9/h8H,2-6H2,1H3. The van der Waals surface area contributed by atoms with Crippen molar-refractivity contribution in [2.24, 2.45) is 0 Å². The molecule has 2 rings (SSSR count). The van der Waals surface area contributed by atoms with Crippen LogP contribution in [-0.4, -0.2) is 36.3 Å². The number of ketones is 1. The average Bonchev–Trinajstić information content (AvgIpc) is 2.59. The fourth-order valence-corrected chi connectivity index (χ4v) is 2.75. The average molecular weight is 202 g/mol. The summed E-state index contributed by atoms with van der Waals surface area (Å²) in [6, 6.07) is 0. The number of hydrogen-bond donors (Lipinski definition) is 0. The molecule has 0 aromatic heterocycles. The molecule has 2 aliphatic rings. The second kappa shape index (κ2) is 3.59. The normalized spacial score (nSPS) is 32.7. The maximum Gasteiger partial charge on any atom is 0.170 e. The van der Waals surface area contributed by atoms with Crippen LogP contribution in [-0.2, 0) is 14.3 Å². The molecule has 0 aromatic carbocycles. The van der Waals surface area contributed by atoms with Gasteiger partial charge in [0.25, 0.3) is 0 Å². The van der Waals surface area contributed by atoms with Crippen LogP contribution in [0.4, 0.5) is 0 Å². The van der Waals surface area contributed by atoms with Gasteiger partial charge in [0.1, 0.15) is 5.78 Å². The summed E-state index contributed by atoms with van der Waals surface area (Å²) in [5.74, 6) is -0.0704. The zero-order valence-electron chi connectivity index (χ0n) is 7.75. The molecule has 74 valence electrons. The van der Waals surface area contributed by atoms with E-state index in [0.29, 0.717) is 25.4 Å². The van der Waals surface area contributed by atoms with Crippen molar-refractivity contribution in [1.82, 2.24) is 0 Å². The van der Waals surface area contributed by atoms with E-state index in [4.69, 9.17) is 9.47 Å². The van der Waals surface area contributed by atoms with E-state index in [1.54, 1.807) is 11.8 Å². The van der Waals surface area contributed by atoms with Gasteiger partial charge in [-0.3, -0.25) is 4.79 Å². The van der Waals surface area contributed by atoms with Crippen LogP contribution in [0.3, 0.4) is 0 Å². The lowest BCUT2D eigenvalue weighted by Gasteiger charge is -2.34. The van der Waals surface area contributed by atoms with Gasteiger partial charge in [0, 0.05) is 19.3 Å². The van der Waals surface area contributed by atoms with Crippen LogP contribution in [0.5, 0.6) is 0 Å². The van der Waals surface area contributed by atoms with Gasteiger partial charge in [-0.25, -0.2) is 0 Å². The molecule has 4 heteroatoms. The number of thioether (sulfide) groups is 1. The predicted octanol–water partition coefficient (Wildman–Crippen LogP) is 1.21. The van der Waals surface area contributed by atoms with Crippen LogP contribution in [0.25, 0.3) is 0 Å². The van der Waals surface area contributed by atoms with Crippen LogP contribution >= 0.6 is 11.8 Å². The Morgan fingerprint density at radius 3 is 2.77 bits per heavy atom. The van der Waals surface area contributed by atoms with E-state index in [1.807, 2.05) is 6.26 Å². The molecule has 0 N–H and O–H groups in total. The molecule has 1 saturated heterocycles. The highest BCUT2D eigenvalue weighted by molar-refractivity contribution is 7.99. The smallest absolute Gasteiger partial charge is 0.170 e. The Morgan fingerprint density at radius 2 is 2.15 bits per heavy atom. The summed E-state index contributed by atoms with van der Waals surface area (Å²) < 4.78 is 11.1. The minimum atomic E-state index is -0.415. The monoisotopic (exact) mass is 202 g/mol. The van der Waals surface area contributed by atoms with Gasteiger partial charge in [-0.2, -0.15) is 11.8 Å². The second-order valence-corrected chi connectivity index (χ2v) is 4.54. The van der Waals surface area contributed by atoms with E-state index in [-0.39, 0.29) is 5.25 Å². The molecule has 1 aliphatic carbocycles. The maximum atomic E-state index is 11.4. The van der Waals surface area contributed by atoms with Crippen molar-refractivity contribution < 1.29 is 14.3 Å². The lowest BCUT2D eigenvalue weighted by Crippen LogP contribution is -2.41. The van der Waals surface area contributed by atoms with Gasteiger partial charge in [-0.05, 0) is 6.26 Å². The highest BCUT2D eigenvalue weighted by Crippen LogP contribution is 2.37. The Balaban J connectivity index is 2.05. The summed E-state index contributed by atoms with van der Waals surface area (Å²) in [5.41, 5.74) is 0. The summed E-state index contributed by atoms with van der Waals surface area (Å²) in [4.78, 5) is 11.4. The van der Waals surface area contributed by atoms with Crippen molar-refractivity contribution in [1.29, 1.82) is 0 Å². The van der Waals surface area contributed by atoms with Gasteiger partial charge in [-0.15, -0.1) is 0 Å². The van der Waals surface area contributed by atoms with Gasteiger partial charge >= 0.3 is 0 Å². The number of carbonyl (C=O) groups excluding carboxylic acids is 1. The van der Waals surface area contributed by atoms with Crippen molar-refractivity contribution >= 4 is 17.5 Å². The zero-order valence-corrected chi connectivity index (χ0v) is 8.56. The second-order valence-electron chi connectivity index (χ2n) is 3.50. The van der Waals surface area contributed by atoms with Crippen molar-refractivity contribution in [2.45, 2.75) is 30.3 Å². The van der Waals surface area contributed by atoms with Crippen LogP contribution in [0.1, 0.15) is 19.3 Å². The Hall–Kier alpha value is -0.0600. The Bertz CT molecular complexity index is 211. The Kier molecular flexibility index (Phi) is 2.62. The summed E-state index contributed by atoms with van der Waals surface area (Å²) in [7, 11) is 0. The fraction of sp³-hybridized carbons (Fsp3) is 0.889. The van der Waals surface area contributed by atoms with Crippen molar-refractivity contribution in [3.63, 3.8) is 0 Å². The van der Waals surface area contributed by atoms with Gasteiger partial charge in [0.15, 0.2) is 5.79 Å². The molecule has 1 aliphatic heterocycles. The molecule has 1 spiro atoms. The van der Waals surface area contributed by atoms with Crippen LogP contribution in [0.15, 0.2) is 0 Å². The summed E-state index contributed by atoms with van der Waals surface area (Å²) in [5, 5.41) is 0.0758. The molecule has 13 heavy (non-hydrogen) atoms. The topological polar surface area (TPSA) is 35.5 Å². The first kappa shape index (κ1) is 9.49. The molecule has 0 amide bonds. The van der Waals surface area contributed by atoms with E-state index in [1.165, 1.54) is 0 Å². The molecule has 1 heterocycles. The van der Waals surface area contributed by atoms with Gasteiger partial charge in [-0.1, -0.05) is 0 Å². The van der Waals surface area contributed by atoms with E-state index in [9.17, 15) is 4.79 Å². The van der Waals surface area contributed by atoms with E-state index in [0.717, 1.165) is 12.8 Å². The molecule has 1 atom stereocenters. The zero-order chi connectivity index (χ0) is 9.31. The highest BCUT2D eigenvalue weighted by atomic mass is 32.2. The third-order valence-electron chi connectivity index (χ3n) is 2.71. The SMILES string of the molecule is CSC1CC2(CCC1=O)OCCO2. The van der Waals surface area contributed by atoms with E-state index < -0.39 is 5.79 Å². The number of Topliss-reactive ketones (excluding diaryl/α,β-unsaturated/α-hetero) is 1. The van der Waals surface area contributed by atoms with Crippen molar-refractivity contribution in [2.75, 3.05) is 19.5 Å². The minimum Gasteiger partial charge on any atom is -0.347 e. The maximum absolute atomic E-state index is 11.4. The van der Waals surface area contributed by atoms with E-state index >= 15 is 0 Å². The number of carbonyl (C=O) groups is 1. The largest absolute Gasteiger partial charge is 0.347 e. The molecular weight excluding hydrogens is 188 g/mol. The lowest BCUT2D eigenvalue weighted by atomic mass is 9.92. The minimum absolute atomic E-state index is 0.0758. The fourth-order valence-electron chi connectivity index (χ4n) is 1.95. The number of ether oxygens (including phenoxy) is 2. The molecule has 0 bridgehead atoms. The number of hydrogen-bond acceptors (Lipinski definition) is 4. The first-order valence-electron chi connectivity index (χ1n) is 4.59. The molecule has 1 unspecified atom stereocenters. The van der Waals surface area contributed by atoms with Crippen LogP contribution in [0.2, 0.25) is 0 Å². The summed E-state index contributed by atoms with van der Waals surface area (Å²) in [6.07, 6.45) is 4.04. The van der Waals surface area contributed by atoms with E-state index in [2.05, 4.69) is 0 Å². The molecule has 1 saturated carbocycles. The van der Waals surface area contributed by atoms with Crippen molar-refractivity contribution in [3.05, 3.63) is 0 Å². The van der Waals surface area contributed by atoms with Gasteiger partial charge in [0.05, 0.1) is 18.5 Å². The first-order chi connectivity index (χ1) is 6.26. The van der Waals surface area contributed by atoms with Crippen LogP contribution < -0.4 is 0 Å². The summed E-state index contributed by atoms with van der Waals surface area (Å²) in [6.45, 7) is 1.35. The highest BCUT2D eigenvalue weighted by Gasteiger charge is 2.44. The van der Waals surface area contributed by atoms with Crippen molar-refractivity contribution in [3.8, 4) is 0 Å². The molecule has 2 fully saturated rings. The van der Waals surface area contributed by atoms with Gasteiger partial charge < -0.3 is 9.47 Å². The molecule has 3 nitrogen and oxygen atoms in total. The molecule has 0 radical (unpaired) electrons. The molecule has 0 aromatic rings.